The van der Waals surface area contributed by atoms with Crippen LogP contribution in [0.5, 0.6) is 0 Å². The lowest BCUT2D eigenvalue weighted by atomic mass is 9.31. The van der Waals surface area contributed by atoms with Crippen molar-refractivity contribution in [3.63, 3.8) is 0 Å². The minimum atomic E-state index is -1.08. The Kier molecular flexibility index (Phi) is 4.94. The molecule has 1 unspecified atom stereocenters. The van der Waals surface area contributed by atoms with E-state index in [4.69, 9.17) is 16.3 Å². The first-order chi connectivity index (χ1) is 16.8. The number of carbonyl (C=O) groups is 2. The zero-order valence-corrected chi connectivity index (χ0v) is 19.5. The van der Waals surface area contributed by atoms with Crippen LogP contribution in [0, 0.1) is 11.2 Å². The summed E-state index contributed by atoms with van der Waals surface area (Å²) < 4.78 is 19.1. The first kappa shape index (κ1) is 22.1. The summed E-state index contributed by atoms with van der Waals surface area (Å²) in [6.07, 6.45) is 1.07. The van der Waals surface area contributed by atoms with Crippen LogP contribution < -0.4 is 5.32 Å². The molecule has 1 atom stereocenters. The van der Waals surface area contributed by atoms with Gasteiger partial charge in [0.25, 0.3) is 0 Å². The Balaban J connectivity index is 1.13. The molecule has 0 spiro atoms. The minimum absolute atomic E-state index is 0.0628. The van der Waals surface area contributed by atoms with Gasteiger partial charge < -0.3 is 15.2 Å². The molecule has 0 heterocycles. The molecule has 2 N–H and O–H groups in total. The molecule has 0 radical (unpaired) electrons. The molecule has 7 heteroatoms. The molecule has 0 aliphatic heterocycles. The smallest absolute Gasteiger partial charge is 0.407 e. The maximum absolute atomic E-state index is 13.6. The quantitative estimate of drug-likeness (QED) is 0.450. The summed E-state index contributed by atoms with van der Waals surface area (Å²) in [4.78, 5) is 24.8. The van der Waals surface area contributed by atoms with Gasteiger partial charge in [0, 0.05) is 11.3 Å². The molecule has 0 aromatic heterocycles. The molecule has 3 saturated carbocycles. The van der Waals surface area contributed by atoms with E-state index in [0.29, 0.717) is 19.3 Å². The number of carboxylic acid groups (broad SMARTS) is 1. The van der Waals surface area contributed by atoms with Gasteiger partial charge in [-0.3, -0.25) is 0 Å². The van der Waals surface area contributed by atoms with Crippen molar-refractivity contribution in [1.29, 1.82) is 0 Å². The number of rotatable bonds is 6. The number of hydrogen-bond donors (Lipinski definition) is 2. The Morgan fingerprint density at radius 3 is 2.20 bits per heavy atom. The lowest BCUT2D eigenvalue weighted by molar-refractivity contribution is -0.183. The van der Waals surface area contributed by atoms with E-state index in [1.165, 1.54) is 6.07 Å². The van der Waals surface area contributed by atoms with Gasteiger partial charge in [-0.25, -0.2) is 14.0 Å². The Hall–Kier alpha value is -3.38. The molecule has 4 aliphatic rings. The number of alkyl carbamates (subject to hydrolysis) is 1. The van der Waals surface area contributed by atoms with Crippen molar-refractivity contribution in [2.45, 2.75) is 36.6 Å². The van der Waals surface area contributed by atoms with Crippen LogP contribution >= 0.6 is 11.6 Å². The van der Waals surface area contributed by atoms with E-state index in [-0.39, 0.29) is 23.0 Å². The highest BCUT2D eigenvalue weighted by Crippen LogP contribution is 2.75. The zero-order chi connectivity index (χ0) is 24.4. The van der Waals surface area contributed by atoms with Crippen molar-refractivity contribution in [3.8, 4) is 11.1 Å². The number of amides is 1. The largest absolute Gasteiger partial charge is 0.480 e. The predicted octanol–water partition coefficient (Wildman–Crippen LogP) is 5.89. The Bertz CT molecular complexity index is 1310. The lowest BCUT2D eigenvalue weighted by Gasteiger charge is -2.72. The van der Waals surface area contributed by atoms with Gasteiger partial charge in [-0.15, -0.1) is 0 Å². The third-order valence-corrected chi connectivity index (χ3v) is 8.36. The maximum Gasteiger partial charge on any atom is 0.407 e. The van der Waals surface area contributed by atoms with Crippen LogP contribution in [-0.4, -0.2) is 29.8 Å². The average molecular weight is 492 g/mol. The summed E-state index contributed by atoms with van der Waals surface area (Å²) in [5, 5.41) is 12.6. The van der Waals surface area contributed by atoms with Crippen molar-refractivity contribution in [1.82, 2.24) is 5.32 Å². The standard InChI is InChI=1S/C28H23ClFNO4/c29-22-11-16(9-10-23(22)30)27-13-28(14-27,15-27)24(25(32)33)31-26(34)35-12-21-19-7-3-1-5-17(19)18-6-2-4-8-20(18)21/h1-11,21,24H,12-15H2,(H,31,34)(H,32,33). The molecular weight excluding hydrogens is 469 g/mol. The van der Waals surface area contributed by atoms with Gasteiger partial charge in [0.2, 0.25) is 0 Å². The number of halogens is 2. The zero-order valence-electron chi connectivity index (χ0n) is 18.8. The van der Waals surface area contributed by atoms with Crippen molar-refractivity contribution in [3.05, 3.63) is 94.3 Å². The molecule has 35 heavy (non-hydrogen) atoms. The molecule has 3 aromatic rings. The van der Waals surface area contributed by atoms with E-state index in [2.05, 4.69) is 17.4 Å². The second-order valence-corrected chi connectivity index (χ2v) is 10.5. The van der Waals surface area contributed by atoms with Crippen LogP contribution in [0.3, 0.4) is 0 Å². The first-order valence-electron chi connectivity index (χ1n) is 11.6. The molecule has 1 amide bonds. The first-order valence-corrected chi connectivity index (χ1v) is 12.0. The average Bonchev–Trinajstić information content (AvgIpc) is 3.11. The monoisotopic (exact) mass is 491 g/mol. The van der Waals surface area contributed by atoms with Crippen molar-refractivity contribution < 1.29 is 23.8 Å². The number of nitrogens with one attached hydrogen (secondary N) is 1. The summed E-state index contributed by atoms with van der Waals surface area (Å²) in [7, 11) is 0. The Labute approximate surface area is 206 Å². The molecule has 0 saturated heterocycles. The normalized spacial score (nSPS) is 24.4. The predicted molar refractivity (Wildman–Crippen MR) is 129 cm³/mol. The lowest BCUT2D eigenvalue weighted by Crippen LogP contribution is -2.73. The van der Waals surface area contributed by atoms with E-state index in [1.54, 1.807) is 12.1 Å². The van der Waals surface area contributed by atoms with Gasteiger partial charge in [-0.2, -0.15) is 0 Å². The van der Waals surface area contributed by atoms with Crippen molar-refractivity contribution in [2.24, 2.45) is 5.41 Å². The fourth-order valence-corrected chi connectivity index (χ4v) is 6.72. The Morgan fingerprint density at radius 1 is 1.03 bits per heavy atom. The van der Waals surface area contributed by atoms with E-state index in [9.17, 15) is 19.1 Å². The molecular formula is C28H23ClFNO4. The van der Waals surface area contributed by atoms with Gasteiger partial charge in [0.1, 0.15) is 18.5 Å². The Morgan fingerprint density at radius 2 is 1.63 bits per heavy atom. The number of hydrogen-bond acceptors (Lipinski definition) is 3. The number of carboxylic acids is 1. The molecule has 5 nitrogen and oxygen atoms in total. The fraction of sp³-hybridized carbons (Fsp3) is 0.286. The SMILES string of the molecule is O=C(NC(C(=O)O)C12CC(c3ccc(F)c(Cl)c3)(C1)C2)OCC1c2ccccc2-c2ccccc21. The van der Waals surface area contributed by atoms with Crippen molar-refractivity contribution in [2.75, 3.05) is 6.61 Å². The molecule has 178 valence electrons. The van der Waals surface area contributed by atoms with E-state index < -0.39 is 29.3 Å². The number of carbonyl (C=O) groups excluding carboxylic acids is 1. The van der Waals surface area contributed by atoms with Crippen LogP contribution in [0.2, 0.25) is 5.02 Å². The number of aliphatic carboxylic acids is 1. The third kappa shape index (κ3) is 3.34. The van der Waals surface area contributed by atoms with Crippen molar-refractivity contribution >= 4 is 23.7 Å². The second kappa shape index (κ2) is 7.82. The van der Waals surface area contributed by atoms with Crippen LogP contribution in [0.25, 0.3) is 11.1 Å². The molecule has 2 bridgehead atoms. The number of ether oxygens (including phenoxy) is 1. The molecule has 3 fully saturated rings. The van der Waals surface area contributed by atoms with E-state index in [0.717, 1.165) is 27.8 Å². The highest BCUT2D eigenvalue weighted by Gasteiger charge is 2.72. The fourth-order valence-electron chi connectivity index (χ4n) is 6.54. The minimum Gasteiger partial charge on any atom is -0.480 e. The highest BCUT2D eigenvalue weighted by molar-refractivity contribution is 6.30. The van der Waals surface area contributed by atoms with E-state index in [1.807, 2.05) is 36.4 Å². The van der Waals surface area contributed by atoms with Gasteiger partial charge in [-0.05, 0) is 64.6 Å². The summed E-state index contributed by atoms with van der Waals surface area (Å²) >= 11 is 5.94. The molecule has 7 rings (SSSR count). The summed E-state index contributed by atoms with van der Waals surface area (Å²) in [5.74, 6) is -1.65. The highest BCUT2D eigenvalue weighted by atomic mass is 35.5. The summed E-state index contributed by atoms with van der Waals surface area (Å²) in [6.45, 7) is 0.122. The van der Waals surface area contributed by atoms with Crippen LogP contribution in [0.1, 0.15) is 41.9 Å². The summed E-state index contributed by atoms with van der Waals surface area (Å²) in [6, 6.07) is 19.7. The van der Waals surface area contributed by atoms with Gasteiger partial charge in [-0.1, -0.05) is 66.2 Å². The topological polar surface area (TPSA) is 75.6 Å². The molecule has 4 aliphatic carbocycles. The third-order valence-electron chi connectivity index (χ3n) is 8.07. The summed E-state index contributed by atoms with van der Waals surface area (Å²) in [5.41, 5.74) is 4.62. The van der Waals surface area contributed by atoms with Crippen LogP contribution in [0.4, 0.5) is 9.18 Å². The van der Waals surface area contributed by atoms with Gasteiger partial charge in [0.15, 0.2) is 0 Å². The van der Waals surface area contributed by atoms with Crippen LogP contribution in [0.15, 0.2) is 66.7 Å². The van der Waals surface area contributed by atoms with E-state index >= 15 is 0 Å². The molecule has 3 aromatic carbocycles. The van der Waals surface area contributed by atoms with Crippen LogP contribution in [-0.2, 0) is 14.9 Å². The van der Waals surface area contributed by atoms with Gasteiger partial charge >= 0.3 is 12.1 Å². The number of fused-ring (bicyclic) bond motifs is 3. The number of benzene rings is 3. The maximum atomic E-state index is 13.6. The van der Waals surface area contributed by atoms with Gasteiger partial charge in [0.05, 0.1) is 5.02 Å². The second-order valence-electron chi connectivity index (χ2n) is 10.0.